The van der Waals surface area contributed by atoms with E-state index in [9.17, 15) is 0 Å². The standard InChI is InChI=1S/C29H56/c1-3-5-7-9-11-13-15-17-19-21-23-25-27-29-28-26-24-22-20-18-16-14-12-10-8-6-4-2/h25,29H,3-24,26,28H2,1-2H3. The van der Waals surface area contributed by atoms with Gasteiger partial charge in [0.25, 0.3) is 0 Å². The summed E-state index contributed by atoms with van der Waals surface area (Å²) in [5, 5.41) is 0. The molecule has 0 aromatic rings. The minimum atomic E-state index is 1.23. The maximum Gasteiger partial charge on any atom is -0.0274 e. The van der Waals surface area contributed by atoms with Crippen molar-refractivity contribution in [2.45, 2.75) is 168 Å². The first-order valence-corrected chi connectivity index (χ1v) is 13.8. The molecule has 0 saturated heterocycles. The highest BCUT2D eigenvalue weighted by atomic mass is 14.0. The number of rotatable bonds is 24. The molecule has 0 aliphatic heterocycles. The second kappa shape index (κ2) is 27.5. The van der Waals surface area contributed by atoms with Crippen LogP contribution >= 0.6 is 0 Å². The van der Waals surface area contributed by atoms with E-state index in [-0.39, 0.29) is 0 Å². The van der Waals surface area contributed by atoms with E-state index in [0.29, 0.717) is 0 Å². The lowest BCUT2D eigenvalue weighted by atomic mass is 10.0. The molecule has 0 heteroatoms. The Hall–Kier alpha value is -0.480. The molecule has 0 heterocycles. The van der Waals surface area contributed by atoms with E-state index in [2.05, 4.69) is 31.7 Å². The molecular weight excluding hydrogens is 348 g/mol. The summed E-state index contributed by atoms with van der Waals surface area (Å²) in [6, 6.07) is 0. The third-order valence-electron chi connectivity index (χ3n) is 6.14. The van der Waals surface area contributed by atoms with Crippen molar-refractivity contribution in [2.24, 2.45) is 0 Å². The van der Waals surface area contributed by atoms with Crippen molar-refractivity contribution in [3.63, 3.8) is 0 Å². The topological polar surface area (TPSA) is 0 Å². The Labute approximate surface area is 186 Å². The number of hydrogen-bond acceptors (Lipinski definition) is 0. The summed E-state index contributed by atoms with van der Waals surface area (Å²) in [6.45, 7) is 4.59. The van der Waals surface area contributed by atoms with Gasteiger partial charge in [-0.05, 0) is 37.8 Å². The van der Waals surface area contributed by atoms with Gasteiger partial charge in [0.05, 0.1) is 0 Å². The van der Waals surface area contributed by atoms with Crippen molar-refractivity contribution in [3.05, 3.63) is 17.9 Å². The molecular formula is C29H56. The van der Waals surface area contributed by atoms with Crippen LogP contribution in [0.1, 0.15) is 168 Å². The molecule has 0 unspecified atom stereocenters. The third-order valence-corrected chi connectivity index (χ3v) is 6.14. The first-order chi connectivity index (χ1) is 14.4. The van der Waals surface area contributed by atoms with Gasteiger partial charge < -0.3 is 0 Å². The Morgan fingerprint density at radius 2 is 0.586 bits per heavy atom. The average Bonchev–Trinajstić information content (AvgIpc) is 2.74. The molecule has 29 heavy (non-hydrogen) atoms. The Bertz CT molecular complexity index is 334. The van der Waals surface area contributed by atoms with Crippen LogP contribution in [0, 0.1) is 0 Å². The minimum absolute atomic E-state index is 1.23. The molecule has 0 radical (unpaired) electrons. The molecule has 0 spiro atoms. The van der Waals surface area contributed by atoms with Crippen LogP contribution in [0.25, 0.3) is 0 Å². The lowest BCUT2D eigenvalue weighted by molar-refractivity contribution is 0.545. The van der Waals surface area contributed by atoms with Crippen LogP contribution in [0.15, 0.2) is 17.9 Å². The van der Waals surface area contributed by atoms with E-state index in [1.54, 1.807) is 0 Å². The van der Waals surface area contributed by atoms with Gasteiger partial charge >= 0.3 is 0 Å². The molecule has 0 N–H and O–H groups in total. The summed E-state index contributed by atoms with van der Waals surface area (Å²) < 4.78 is 0. The van der Waals surface area contributed by atoms with Crippen molar-refractivity contribution in [3.8, 4) is 0 Å². The summed E-state index contributed by atoms with van der Waals surface area (Å²) in [5.74, 6) is 0. The van der Waals surface area contributed by atoms with Gasteiger partial charge in [0.1, 0.15) is 0 Å². The van der Waals surface area contributed by atoms with Crippen LogP contribution < -0.4 is 0 Å². The lowest BCUT2D eigenvalue weighted by Gasteiger charge is -2.02. The van der Waals surface area contributed by atoms with Crippen molar-refractivity contribution < 1.29 is 0 Å². The van der Waals surface area contributed by atoms with E-state index in [1.165, 1.54) is 154 Å². The molecule has 0 saturated carbocycles. The third kappa shape index (κ3) is 27.5. The normalized spacial score (nSPS) is 10.8. The maximum atomic E-state index is 3.41. The van der Waals surface area contributed by atoms with Gasteiger partial charge in [0.2, 0.25) is 0 Å². The Kier molecular flexibility index (Phi) is 27.1. The molecule has 0 amide bonds. The zero-order valence-electron chi connectivity index (χ0n) is 20.6. The molecule has 0 aliphatic rings. The Morgan fingerprint density at radius 1 is 0.345 bits per heavy atom. The zero-order chi connectivity index (χ0) is 21.1. The number of hydrogen-bond donors (Lipinski definition) is 0. The highest BCUT2D eigenvalue weighted by Crippen LogP contribution is 2.13. The summed E-state index contributed by atoms with van der Waals surface area (Å²) in [4.78, 5) is 0. The highest BCUT2D eigenvalue weighted by molar-refractivity contribution is 4.84. The lowest BCUT2D eigenvalue weighted by Crippen LogP contribution is -1.82. The van der Waals surface area contributed by atoms with Gasteiger partial charge in [0, 0.05) is 0 Å². The number of unbranched alkanes of at least 4 members (excludes halogenated alkanes) is 22. The van der Waals surface area contributed by atoms with E-state index in [0.717, 1.165) is 0 Å². The van der Waals surface area contributed by atoms with Gasteiger partial charge in [-0.3, -0.25) is 0 Å². The minimum Gasteiger partial charge on any atom is -0.130 e. The molecule has 0 nitrogen and oxygen atoms in total. The number of allylic oxidation sites excluding steroid dienone is 1. The summed E-state index contributed by atoms with van der Waals surface area (Å²) in [5.41, 5.74) is 3.41. The molecule has 0 atom stereocenters. The van der Waals surface area contributed by atoms with Gasteiger partial charge in [-0.2, -0.15) is 0 Å². The molecule has 0 aromatic heterocycles. The van der Waals surface area contributed by atoms with Crippen molar-refractivity contribution >= 4 is 0 Å². The van der Waals surface area contributed by atoms with Crippen LogP contribution in [0.4, 0.5) is 0 Å². The first-order valence-electron chi connectivity index (χ1n) is 13.8. The van der Waals surface area contributed by atoms with Crippen molar-refractivity contribution in [1.82, 2.24) is 0 Å². The van der Waals surface area contributed by atoms with Crippen LogP contribution in [0.3, 0.4) is 0 Å². The van der Waals surface area contributed by atoms with Crippen LogP contribution in [0.2, 0.25) is 0 Å². The second-order valence-corrected chi connectivity index (χ2v) is 9.22. The molecule has 0 rings (SSSR count). The smallest absolute Gasteiger partial charge is 0.0274 e. The second-order valence-electron chi connectivity index (χ2n) is 9.22. The fourth-order valence-corrected chi connectivity index (χ4v) is 4.07. The van der Waals surface area contributed by atoms with Crippen LogP contribution in [-0.2, 0) is 0 Å². The van der Waals surface area contributed by atoms with E-state index in [4.69, 9.17) is 0 Å². The molecule has 0 aliphatic carbocycles. The average molecular weight is 405 g/mol. The molecule has 172 valence electrons. The van der Waals surface area contributed by atoms with Crippen LogP contribution in [-0.4, -0.2) is 0 Å². The Morgan fingerprint density at radius 3 is 0.862 bits per heavy atom. The van der Waals surface area contributed by atoms with Gasteiger partial charge in [-0.15, -0.1) is 5.73 Å². The van der Waals surface area contributed by atoms with Gasteiger partial charge in [-0.1, -0.05) is 142 Å². The Balaban J connectivity index is 3.14. The predicted molar refractivity (Wildman–Crippen MR) is 135 cm³/mol. The van der Waals surface area contributed by atoms with Gasteiger partial charge in [0.15, 0.2) is 0 Å². The zero-order valence-corrected chi connectivity index (χ0v) is 20.6. The van der Waals surface area contributed by atoms with Crippen LogP contribution in [0.5, 0.6) is 0 Å². The molecule has 0 fully saturated rings. The fraction of sp³-hybridized carbons (Fsp3) is 0.897. The van der Waals surface area contributed by atoms with Crippen molar-refractivity contribution in [2.75, 3.05) is 0 Å². The summed E-state index contributed by atoms with van der Waals surface area (Å²) in [7, 11) is 0. The fourth-order valence-electron chi connectivity index (χ4n) is 4.07. The monoisotopic (exact) mass is 404 g/mol. The first kappa shape index (κ1) is 28.5. The SMILES string of the molecule is CCCCCCCCCCCCC=C=CCCCCCCCCCCCCCC. The van der Waals surface area contributed by atoms with Gasteiger partial charge in [-0.25, -0.2) is 0 Å². The van der Waals surface area contributed by atoms with Crippen molar-refractivity contribution in [1.29, 1.82) is 0 Å². The summed E-state index contributed by atoms with van der Waals surface area (Å²) >= 11 is 0. The maximum absolute atomic E-state index is 3.41. The summed E-state index contributed by atoms with van der Waals surface area (Å²) in [6.07, 6.45) is 38.5. The van der Waals surface area contributed by atoms with E-state index >= 15 is 0 Å². The largest absolute Gasteiger partial charge is 0.130 e. The highest BCUT2D eigenvalue weighted by Gasteiger charge is 1.93. The van der Waals surface area contributed by atoms with E-state index in [1.807, 2.05) is 0 Å². The quantitative estimate of drug-likeness (QED) is 0.111. The molecule has 0 bridgehead atoms. The van der Waals surface area contributed by atoms with E-state index < -0.39 is 0 Å². The molecule has 0 aromatic carbocycles. The predicted octanol–water partition coefficient (Wildman–Crippen LogP) is 11.1.